The van der Waals surface area contributed by atoms with Crippen molar-refractivity contribution in [2.75, 3.05) is 6.54 Å². The van der Waals surface area contributed by atoms with E-state index in [4.69, 9.17) is 0 Å². The zero-order valence-electron chi connectivity index (χ0n) is 7.71. The maximum Gasteiger partial charge on any atom is 0.238 e. The van der Waals surface area contributed by atoms with E-state index in [-0.39, 0.29) is 12.1 Å². The minimum absolute atomic E-state index is 0.244. The van der Waals surface area contributed by atoms with Crippen molar-refractivity contribution in [2.24, 2.45) is 5.92 Å². The van der Waals surface area contributed by atoms with Gasteiger partial charge in [0.25, 0.3) is 0 Å². The molecule has 2 unspecified atom stereocenters. The summed E-state index contributed by atoms with van der Waals surface area (Å²) in [6.45, 7) is 4.75. The average Bonchev–Trinajstić information content (AvgIpc) is 2.79. The standard InChI is InChI=1S/C9H16N2O/c1-6(8-3-4-8)11-7(2)10-5-9(11)12/h6-8,10H,3-5H2,1-2H3. The molecule has 1 saturated heterocycles. The molecule has 2 aliphatic rings. The summed E-state index contributed by atoms with van der Waals surface area (Å²) in [5.74, 6) is 1.04. The van der Waals surface area contributed by atoms with Gasteiger partial charge in [-0.25, -0.2) is 0 Å². The summed E-state index contributed by atoms with van der Waals surface area (Å²) < 4.78 is 0. The second-order valence-electron chi connectivity index (χ2n) is 3.94. The fraction of sp³-hybridized carbons (Fsp3) is 0.889. The summed E-state index contributed by atoms with van der Waals surface area (Å²) in [7, 11) is 0. The quantitative estimate of drug-likeness (QED) is 0.653. The van der Waals surface area contributed by atoms with Crippen LogP contribution in [0, 0.1) is 5.92 Å². The van der Waals surface area contributed by atoms with Crippen LogP contribution in [0.2, 0.25) is 0 Å². The van der Waals surface area contributed by atoms with Gasteiger partial charge >= 0.3 is 0 Å². The summed E-state index contributed by atoms with van der Waals surface area (Å²) in [5, 5.41) is 3.16. The fourth-order valence-corrected chi connectivity index (χ4v) is 2.03. The molecule has 0 aromatic carbocycles. The van der Waals surface area contributed by atoms with Crippen molar-refractivity contribution < 1.29 is 4.79 Å². The number of rotatable bonds is 2. The fourth-order valence-electron chi connectivity index (χ4n) is 2.03. The Morgan fingerprint density at radius 1 is 1.58 bits per heavy atom. The molecule has 2 rings (SSSR count). The van der Waals surface area contributed by atoms with Gasteiger partial charge in [-0.2, -0.15) is 0 Å². The molecule has 3 nitrogen and oxygen atoms in total. The molecule has 12 heavy (non-hydrogen) atoms. The van der Waals surface area contributed by atoms with E-state index in [1.165, 1.54) is 12.8 Å². The van der Waals surface area contributed by atoms with Crippen LogP contribution in [0.15, 0.2) is 0 Å². The molecule has 2 atom stereocenters. The highest BCUT2D eigenvalue weighted by molar-refractivity contribution is 5.80. The molecule has 1 saturated carbocycles. The molecule has 0 radical (unpaired) electrons. The van der Waals surface area contributed by atoms with E-state index in [1.54, 1.807) is 0 Å². The van der Waals surface area contributed by atoms with Crippen LogP contribution >= 0.6 is 0 Å². The summed E-state index contributed by atoms with van der Waals surface area (Å²) in [4.78, 5) is 13.4. The molecule has 2 fully saturated rings. The Labute approximate surface area is 73.1 Å². The Kier molecular flexibility index (Phi) is 1.83. The highest BCUT2D eigenvalue weighted by atomic mass is 16.2. The van der Waals surface area contributed by atoms with Crippen LogP contribution < -0.4 is 5.32 Å². The van der Waals surface area contributed by atoms with E-state index in [0.717, 1.165) is 5.92 Å². The van der Waals surface area contributed by atoms with Gasteiger partial charge in [0.1, 0.15) is 0 Å². The van der Waals surface area contributed by atoms with Gasteiger partial charge in [0, 0.05) is 6.04 Å². The zero-order valence-corrected chi connectivity index (χ0v) is 7.71. The first-order valence-electron chi connectivity index (χ1n) is 4.74. The smallest absolute Gasteiger partial charge is 0.238 e. The minimum atomic E-state index is 0.244. The van der Waals surface area contributed by atoms with Gasteiger partial charge < -0.3 is 4.90 Å². The number of carbonyl (C=O) groups excluding carboxylic acids is 1. The van der Waals surface area contributed by atoms with Crippen molar-refractivity contribution in [1.29, 1.82) is 0 Å². The zero-order chi connectivity index (χ0) is 8.72. The Balaban J connectivity index is 2.04. The molecular formula is C9H16N2O. The molecule has 1 N–H and O–H groups in total. The summed E-state index contributed by atoms with van der Waals surface area (Å²) >= 11 is 0. The van der Waals surface area contributed by atoms with Crippen molar-refractivity contribution >= 4 is 5.91 Å². The molecule has 1 aliphatic carbocycles. The lowest BCUT2D eigenvalue weighted by Crippen LogP contribution is -2.42. The number of amides is 1. The van der Waals surface area contributed by atoms with Crippen LogP contribution in [0.3, 0.4) is 0 Å². The SMILES string of the molecule is CC1NCC(=O)N1C(C)C1CC1. The van der Waals surface area contributed by atoms with Crippen LogP contribution in [0.5, 0.6) is 0 Å². The van der Waals surface area contributed by atoms with Crippen LogP contribution in [0.25, 0.3) is 0 Å². The van der Waals surface area contributed by atoms with Crippen LogP contribution in [0.4, 0.5) is 0 Å². The first-order valence-corrected chi connectivity index (χ1v) is 4.74. The van der Waals surface area contributed by atoms with E-state index in [9.17, 15) is 4.79 Å². The number of nitrogens with zero attached hydrogens (tertiary/aromatic N) is 1. The monoisotopic (exact) mass is 168 g/mol. The lowest BCUT2D eigenvalue weighted by atomic mass is 10.2. The maximum atomic E-state index is 11.4. The van der Waals surface area contributed by atoms with Crippen molar-refractivity contribution in [3.8, 4) is 0 Å². The molecule has 0 spiro atoms. The Hall–Kier alpha value is -0.570. The van der Waals surface area contributed by atoms with Gasteiger partial charge in [-0.05, 0) is 32.6 Å². The van der Waals surface area contributed by atoms with Crippen molar-refractivity contribution in [1.82, 2.24) is 10.2 Å². The highest BCUT2D eigenvalue weighted by Crippen LogP contribution is 2.36. The second kappa shape index (κ2) is 2.73. The first-order chi connectivity index (χ1) is 5.70. The van der Waals surface area contributed by atoms with Crippen LogP contribution in [-0.4, -0.2) is 29.6 Å². The van der Waals surface area contributed by atoms with Gasteiger partial charge in [0.15, 0.2) is 0 Å². The maximum absolute atomic E-state index is 11.4. The number of nitrogens with one attached hydrogen (secondary N) is 1. The highest BCUT2D eigenvalue weighted by Gasteiger charge is 2.38. The summed E-state index contributed by atoms with van der Waals surface area (Å²) in [5.41, 5.74) is 0. The predicted molar refractivity (Wildman–Crippen MR) is 46.5 cm³/mol. The second-order valence-corrected chi connectivity index (χ2v) is 3.94. The van der Waals surface area contributed by atoms with Crippen molar-refractivity contribution in [3.05, 3.63) is 0 Å². The average molecular weight is 168 g/mol. The van der Waals surface area contributed by atoms with E-state index in [0.29, 0.717) is 12.6 Å². The Morgan fingerprint density at radius 2 is 2.25 bits per heavy atom. The molecule has 1 heterocycles. The van der Waals surface area contributed by atoms with Crippen molar-refractivity contribution in [3.63, 3.8) is 0 Å². The molecule has 68 valence electrons. The van der Waals surface area contributed by atoms with E-state index >= 15 is 0 Å². The van der Waals surface area contributed by atoms with Gasteiger partial charge in [-0.15, -0.1) is 0 Å². The van der Waals surface area contributed by atoms with Gasteiger partial charge in [-0.3, -0.25) is 10.1 Å². The molecule has 0 aromatic rings. The molecule has 1 amide bonds. The van der Waals surface area contributed by atoms with E-state index in [2.05, 4.69) is 19.2 Å². The Morgan fingerprint density at radius 3 is 2.67 bits per heavy atom. The van der Waals surface area contributed by atoms with Gasteiger partial charge in [0.2, 0.25) is 5.91 Å². The van der Waals surface area contributed by atoms with Gasteiger partial charge in [-0.1, -0.05) is 0 Å². The third-order valence-electron chi connectivity index (χ3n) is 3.00. The lowest BCUT2D eigenvalue weighted by molar-refractivity contribution is -0.130. The first kappa shape index (κ1) is 8.05. The van der Waals surface area contributed by atoms with E-state index in [1.807, 2.05) is 4.90 Å². The number of carbonyl (C=O) groups is 1. The van der Waals surface area contributed by atoms with E-state index < -0.39 is 0 Å². The largest absolute Gasteiger partial charge is 0.323 e. The molecule has 1 aliphatic heterocycles. The number of hydrogen-bond acceptors (Lipinski definition) is 2. The Bertz CT molecular complexity index is 201. The predicted octanol–water partition coefficient (Wildman–Crippen LogP) is 0.563. The third-order valence-corrected chi connectivity index (χ3v) is 3.00. The topological polar surface area (TPSA) is 32.3 Å². The van der Waals surface area contributed by atoms with Crippen LogP contribution in [0.1, 0.15) is 26.7 Å². The lowest BCUT2D eigenvalue weighted by Gasteiger charge is -2.28. The normalized spacial score (nSPS) is 32.7. The van der Waals surface area contributed by atoms with Gasteiger partial charge in [0.05, 0.1) is 12.7 Å². The molecular weight excluding hydrogens is 152 g/mol. The minimum Gasteiger partial charge on any atom is -0.323 e. The molecule has 0 aromatic heterocycles. The summed E-state index contributed by atoms with van der Waals surface area (Å²) in [6.07, 6.45) is 2.85. The summed E-state index contributed by atoms with van der Waals surface area (Å²) in [6, 6.07) is 0.447. The molecule has 0 bridgehead atoms. The third kappa shape index (κ3) is 1.22. The van der Waals surface area contributed by atoms with Crippen molar-refractivity contribution in [2.45, 2.75) is 38.9 Å². The number of hydrogen-bond donors (Lipinski definition) is 1. The molecule has 3 heteroatoms. The van der Waals surface area contributed by atoms with Crippen LogP contribution in [-0.2, 0) is 4.79 Å².